The second kappa shape index (κ2) is 11.6. The van der Waals surface area contributed by atoms with Crippen LogP contribution in [0.5, 0.6) is 6.01 Å². The zero-order chi connectivity index (χ0) is 33.2. The number of nitrogens with zero attached hydrogens (tertiary/aromatic N) is 4. The number of halogens is 4. The summed E-state index contributed by atoms with van der Waals surface area (Å²) in [4.78, 5) is 23.8. The number of nitriles is 1. The highest BCUT2D eigenvalue weighted by molar-refractivity contribution is 7.23. The largest absolute Gasteiger partial charge is 0.461 e. The maximum atomic E-state index is 15.3. The van der Waals surface area contributed by atoms with Gasteiger partial charge in [0.15, 0.2) is 0 Å². The molecular formula is C33H29ClF3N5O4S. The fraction of sp³-hybridized carbons (Fsp3) is 0.394. The third-order valence-electron chi connectivity index (χ3n) is 8.87. The third-order valence-corrected chi connectivity index (χ3v) is 10.3. The Morgan fingerprint density at radius 2 is 2.06 bits per heavy atom. The van der Waals surface area contributed by atoms with E-state index < -0.39 is 29.1 Å². The molecule has 3 aliphatic rings. The van der Waals surface area contributed by atoms with Crippen molar-refractivity contribution in [3.63, 3.8) is 0 Å². The summed E-state index contributed by atoms with van der Waals surface area (Å²) in [6.45, 7) is 6.68. The lowest BCUT2D eigenvalue weighted by atomic mass is 9.91. The van der Waals surface area contributed by atoms with Gasteiger partial charge in [-0.05, 0) is 69.3 Å². The van der Waals surface area contributed by atoms with Crippen molar-refractivity contribution in [3.05, 3.63) is 57.5 Å². The zero-order valence-electron chi connectivity index (χ0n) is 25.7. The minimum atomic E-state index is -1.64. The molecule has 1 atom stereocenters. The molecule has 0 saturated carbocycles. The van der Waals surface area contributed by atoms with Gasteiger partial charge >= 0.3 is 12.1 Å². The summed E-state index contributed by atoms with van der Waals surface area (Å²) < 4.78 is 59.7. The number of anilines is 1. The van der Waals surface area contributed by atoms with Crippen LogP contribution in [0.3, 0.4) is 0 Å². The first-order valence-corrected chi connectivity index (χ1v) is 16.2. The van der Waals surface area contributed by atoms with E-state index in [4.69, 9.17) is 25.8 Å². The van der Waals surface area contributed by atoms with Crippen LogP contribution in [0.15, 0.2) is 30.0 Å². The number of hydrogen-bond donors (Lipinski definition) is 1. The van der Waals surface area contributed by atoms with E-state index in [1.807, 2.05) is 4.90 Å². The Kier molecular flexibility index (Phi) is 7.82. The monoisotopic (exact) mass is 683 g/mol. The second-order valence-corrected chi connectivity index (χ2v) is 14.4. The lowest BCUT2D eigenvalue weighted by Gasteiger charge is -2.30. The smallest absolute Gasteiger partial charge is 0.412 e. The maximum Gasteiger partial charge on any atom is 0.412 e. The van der Waals surface area contributed by atoms with E-state index in [-0.39, 0.29) is 70.0 Å². The van der Waals surface area contributed by atoms with Crippen LogP contribution in [0, 0.1) is 17.1 Å². The maximum absolute atomic E-state index is 15.3. The van der Waals surface area contributed by atoms with E-state index in [1.54, 1.807) is 33.0 Å². The number of fused-ring (bicyclic) bond motifs is 5. The Hall–Kier alpha value is -3.96. The highest BCUT2D eigenvalue weighted by atomic mass is 35.5. The molecule has 7 rings (SSSR count). The predicted octanol–water partition coefficient (Wildman–Crippen LogP) is 8.32. The first kappa shape index (κ1) is 31.6. The summed E-state index contributed by atoms with van der Waals surface area (Å²) in [6, 6.07) is 5.02. The van der Waals surface area contributed by atoms with Gasteiger partial charge in [-0.1, -0.05) is 17.7 Å². The van der Waals surface area contributed by atoms with E-state index in [9.17, 15) is 18.8 Å². The van der Waals surface area contributed by atoms with Crippen molar-refractivity contribution >= 4 is 55.0 Å². The number of carbonyl (C=O) groups excluding carboxylic acids is 1. The van der Waals surface area contributed by atoms with Gasteiger partial charge in [0.2, 0.25) is 0 Å². The molecule has 47 heavy (non-hydrogen) atoms. The highest BCUT2D eigenvalue weighted by Crippen LogP contribution is 2.49. The van der Waals surface area contributed by atoms with Crippen molar-refractivity contribution < 1.29 is 32.2 Å². The van der Waals surface area contributed by atoms with Gasteiger partial charge in [0.25, 0.3) is 6.08 Å². The van der Waals surface area contributed by atoms with Gasteiger partial charge in [-0.25, -0.2) is 14.2 Å². The lowest BCUT2D eigenvalue weighted by molar-refractivity contribution is 0.0636. The normalized spacial score (nSPS) is 19.2. The van der Waals surface area contributed by atoms with Crippen molar-refractivity contribution in [2.24, 2.45) is 0 Å². The molecule has 4 aromatic rings. The second-order valence-electron chi connectivity index (χ2n) is 13.0. The van der Waals surface area contributed by atoms with Crippen LogP contribution < -0.4 is 10.1 Å². The fourth-order valence-corrected chi connectivity index (χ4v) is 8.31. The molecule has 1 N–H and O–H groups in total. The Balaban J connectivity index is 1.32. The number of hydrogen-bond acceptors (Lipinski definition) is 9. The molecule has 2 saturated heterocycles. The molecule has 2 aromatic carbocycles. The molecule has 0 aliphatic carbocycles. The molecule has 244 valence electrons. The average Bonchev–Trinajstić information content (AvgIpc) is 3.78. The SMILES string of the molecule is CC(C)(C)OC(=O)Nc1sc2c(F)ccc(-c3c4c(c5cnc(OC[C@]67CCCN6CC(=C(F)F)C7)nc5c3Cl)COC4)c2c1C#N. The number of nitrogens with one attached hydrogen (secondary N) is 1. The zero-order valence-corrected chi connectivity index (χ0v) is 27.3. The number of thiophene rings is 1. The molecule has 5 heterocycles. The summed E-state index contributed by atoms with van der Waals surface area (Å²) in [7, 11) is 0. The number of ether oxygens (including phenoxy) is 3. The molecule has 14 heteroatoms. The van der Waals surface area contributed by atoms with Gasteiger partial charge in [-0.3, -0.25) is 10.2 Å². The quantitative estimate of drug-likeness (QED) is 0.224. The van der Waals surface area contributed by atoms with E-state index in [0.717, 1.165) is 35.3 Å². The minimum Gasteiger partial charge on any atom is -0.461 e. The average molecular weight is 684 g/mol. The van der Waals surface area contributed by atoms with Gasteiger partial charge in [-0.2, -0.15) is 19.0 Å². The van der Waals surface area contributed by atoms with Crippen molar-refractivity contribution in [1.82, 2.24) is 14.9 Å². The Labute approximate surface area is 276 Å². The van der Waals surface area contributed by atoms with E-state index >= 15 is 4.39 Å². The van der Waals surface area contributed by atoms with Crippen LogP contribution in [-0.4, -0.2) is 51.8 Å². The fourth-order valence-electron chi connectivity index (χ4n) is 6.88. The molecule has 2 fully saturated rings. The minimum absolute atomic E-state index is 0.0462. The van der Waals surface area contributed by atoms with E-state index in [0.29, 0.717) is 28.6 Å². The van der Waals surface area contributed by atoms with Crippen LogP contribution >= 0.6 is 22.9 Å². The van der Waals surface area contributed by atoms with Gasteiger partial charge in [-0.15, -0.1) is 11.3 Å². The summed E-state index contributed by atoms with van der Waals surface area (Å²) in [5, 5.41) is 14.2. The molecule has 9 nitrogen and oxygen atoms in total. The number of carbonyl (C=O) groups is 1. The Bertz CT molecular complexity index is 2050. The van der Waals surface area contributed by atoms with Crippen molar-refractivity contribution in [3.8, 4) is 23.2 Å². The standard InChI is InChI=1S/C33H29ClF3N5O4S/c1-32(2,3)46-31(43)41-29-18(10-38)24-17(5-6-22(35)27(24)47-29)23-21-14-44-13-20(21)19-11-39-30(40-26(19)25(23)34)45-15-33-7-4-8-42(33)12-16(9-33)28(36)37/h5-6,11H,4,7-9,12-15H2,1-3H3,(H,41,43)/t33-/m1/s1. The number of benzene rings is 2. The summed E-state index contributed by atoms with van der Waals surface area (Å²) in [5.41, 5.74) is 1.79. The predicted molar refractivity (Wildman–Crippen MR) is 171 cm³/mol. The summed E-state index contributed by atoms with van der Waals surface area (Å²) >= 11 is 8.07. The molecule has 0 radical (unpaired) electrons. The van der Waals surface area contributed by atoms with Crippen LogP contribution in [0.4, 0.5) is 23.0 Å². The van der Waals surface area contributed by atoms with E-state index in [1.165, 1.54) is 6.07 Å². The number of rotatable bonds is 5. The highest BCUT2D eigenvalue weighted by Gasteiger charge is 2.48. The topological polar surface area (TPSA) is 110 Å². The number of amides is 1. The Morgan fingerprint density at radius 1 is 1.28 bits per heavy atom. The van der Waals surface area contributed by atoms with Crippen LogP contribution in [0.25, 0.3) is 32.1 Å². The van der Waals surface area contributed by atoms with E-state index in [2.05, 4.69) is 21.4 Å². The van der Waals surface area contributed by atoms with Crippen molar-refractivity contribution in [1.29, 1.82) is 5.26 Å². The summed E-state index contributed by atoms with van der Waals surface area (Å²) in [5.74, 6) is -0.566. The Morgan fingerprint density at radius 3 is 2.81 bits per heavy atom. The molecule has 0 unspecified atom stereocenters. The van der Waals surface area contributed by atoms with Crippen LogP contribution in [0.1, 0.15) is 56.7 Å². The molecule has 2 aromatic heterocycles. The van der Waals surface area contributed by atoms with Gasteiger partial charge in [0, 0.05) is 34.7 Å². The first-order chi connectivity index (χ1) is 22.4. The van der Waals surface area contributed by atoms with Gasteiger partial charge < -0.3 is 14.2 Å². The molecule has 0 spiro atoms. The first-order valence-electron chi connectivity index (χ1n) is 15.0. The molecule has 3 aliphatic heterocycles. The van der Waals surface area contributed by atoms with Gasteiger partial charge in [0.05, 0.1) is 39.6 Å². The molecular weight excluding hydrogens is 655 g/mol. The third kappa shape index (κ3) is 5.47. The lowest BCUT2D eigenvalue weighted by Crippen LogP contribution is -2.43. The molecule has 0 bridgehead atoms. The van der Waals surface area contributed by atoms with Gasteiger partial charge in [0.1, 0.15) is 29.1 Å². The van der Waals surface area contributed by atoms with Crippen molar-refractivity contribution in [2.75, 3.05) is 25.0 Å². The van der Waals surface area contributed by atoms with Crippen molar-refractivity contribution in [2.45, 2.75) is 64.4 Å². The summed E-state index contributed by atoms with van der Waals surface area (Å²) in [6.07, 6.45) is 1.04. The number of aromatic nitrogens is 2. The molecule has 1 amide bonds. The van der Waals surface area contributed by atoms with Crippen LogP contribution in [-0.2, 0) is 22.7 Å². The van der Waals surface area contributed by atoms with Crippen LogP contribution in [0.2, 0.25) is 5.02 Å².